The minimum absolute atomic E-state index is 0.591. The molecule has 1 aliphatic heterocycles. The first-order valence-corrected chi connectivity index (χ1v) is 8.17. The summed E-state index contributed by atoms with van der Waals surface area (Å²) in [5.74, 6) is 0. The Labute approximate surface area is 124 Å². The molecule has 2 heteroatoms. The number of hydrogen-bond acceptors (Lipinski definition) is 2. The maximum Gasteiger partial charge on any atom is 0.0169 e. The number of aryl methyl sites for hydroxylation is 2. The lowest BCUT2D eigenvalue weighted by molar-refractivity contribution is 0.286. The van der Waals surface area contributed by atoms with E-state index in [0.29, 0.717) is 12.1 Å². The average molecular weight is 274 g/mol. The second-order valence-corrected chi connectivity index (χ2v) is 6.50. The predicted octanol–water partition coefficient (Wildman–Crippen LogP) is 3.39. The first kappa shape index (κ1) is 15.5. The fraction of sp³-hybridized carbons (Fsp3) is 0.667. The van der Waals surface area contributed by atoms with E-state index >= 15 is 0 Å². The highest BCUT2D eigenvalue weighted by Crippen LogP contribution is 2.10. The largest absolute Gasteiger partial charge is 0.310 e. The maximum atomic E-state index is 3.75. The van der Waals surface area contributed by atoms with Crippen molar-refractivity contribution in [3.63, 3.8) is 0 Å². The molecule has 2 unspecified atom stereocenters. The van der Waals surface area contributed by atoms with Gasteiger partial charge >= 0.3 is 0 Å². The molecule has 112 valence electrons. The summed E-state index contributed by atoms with van der Waals surface area (Å²) in [4.78, 5) is 2.59. The van der Waals surface area contributed by atoms with Gasteiger partial charge in [0.1, 0.15) is 0 Å². The van der Waals surface area contributed by atoms with E-state index in [1.54, 1.807) is 0 Å². The topological polar surface area (TPSA) is 15.3 Å². The first-order chi connectivity index (χ1) is 9.63. The zero-order chi connectivity index (χ0) is 14.4. The van der Waals surface area contributed by atoms with Gasteiger partial charge in [-0.15, -0.1) is 0 Å². The summed E-state index contributed by atoms with van der Waals surface area (Å²) in [6.45, 7) is 10.6. The Kier molecular flexibility index (Phi) is 6.06. The smallest absolute Gasteiger partial charge is 0.0169 e. The molecule has 0 spiro atoms. The van der Waals surface area contributed by atoms with Crippen molar-refractivity contribution in [3.05, 3.63) is 35.4 Å². The highest BCUT2D eigenvalue weighted by Gasteiger charge is 2.15. The van der Waals surface area contributed by atoms with Gasteiger partial charge in [-0.2, -0.15) is 0 Å². The van der Waals surface area contributed by atoms with Crippen molar-refractivity contribution in [2.45, 2.75) is 58.5 Å². The third-order valence-electron chi connectivity index (χ3n) is 4.25. The quantitative estimate of drug-likeness (QED) is 0.820. The second-order valence-electron chi connectivity index (χ2n) is 6.50. The monoisotopic (exact) mass is 274 g/mol. The number of hydrogen-bond donors (Lipinski definition) is 1. The molecule has 0 aromatic heterocycles. The summed E-state index contributed by atoms with van der Waals surface area (Å²) < 4.78 is 0. The number of nitrogens with one attached hydrogen (secondary N) is 1. The van der Waals surface area contributed by atoms with Crippen LogP contribution in [0.3, 0.4) is 0 Å². The molecule has 1 fully saturated rings. The zero-order valence-corrected chi connectivity index (χ0v) is 13.4. The predicted molar refractivity (Wildman–Crippen MR) is 87.2 cm³/mol. The van der Waals surface area contributed by atoms with Crippen LogP contribution in [0.5, 0.6) is 0 Å². The van der Waals surface area contributed by atoms with Gasteiger partial charge in [0.25, 0.3) is 0 Å². The summed E-state index contributed by atoms with van der Waals surface area (Å²) in [5.41, 5.74) is 2.83. The van der Waals surface area contributed by atoms with E-state index < -0.39 is 0 Å². The van der Waals surface area contributed by atoms with Crippen LogP contribution in [0.1, 0.15) is 44.2 Å². The standard InChI is InChI=1S/C18H30N2/c1-15-7-6-8-18(13-15)10-9-16(2)19-17(3)14-20-11-4-5-12-20/h6-8,13,16-17,19H,4-5,9-12,14H2,1-3H3. The van der Waals surface area contributed by atoms with Crippen LogP contribution in [-0.2, 0) is 6.42 Å². The average Bonchev–Trinajstić information content (AvgIpc) is 2.89. The maximum absolute atomic E-state index is 3.75. The van der Waals surface area contributed by atoms with Gasteiger partial charge in [-0.3, -0.25) is 0 Å². The van der Waals surface area contributed by atoms with Crippen molar-refractivity contribution in [1.29, 1.82) is 0 Å². The normalized spacial score (nSPS) is 19.1. The number of rotatable bonds is 7. The highest BCUT2D eigenvalue weighted by atomic mass is 15.2. The van der Waals surface area contributed by atoms with Crippen molar-refractivity contribution in [2.24, 2.45) is 0 Å². The van der Waals surface area contributed by atoms with E-state index in [4.69, 9.17) is 0 Å². The van der Waals surface area contributed by atoms with E-state index in [0.717, 1.165) is 0 Å². The molecule has 1 aromatic rings. The molecule has 0 aliphatic carbocycles. The lowest BCUT2D eigenvalue weighted by atomic mass is 10.0. The first-order valence-electron chi connectivity index (χ1n) is 8.17. The molecule has 0 bridgehead atoms. The van der Waals surface area contributed by atoms with Crippen LogP contribution < -0.4 is 5.32 Å². The second kappa shape index (κ2) is 7.80. The lowest BCUT2D eigenvalue weighted by Crippen LogP contribution is -2.42. The zero-order valence-electron chi connectivity index (χ0n) is 13.4. The van der Waals surface area contributed by atoms with Crippen LogP contribution in [-0.4, -0.2) is 36.6 Å². The molecule has 0 radical (unpaired) electrons. The van der Waals surface area contributed by atoms with Crippen LogP contribution in [0.25, 0.3) is 0 Å². The molecule has 20 heavy (non-hydrogen) atoms. The van der Waals surface area contributed by atoms with Gasteiger partial charge in [0.05, 0.1) is 0 Å². The summed E-state index contributed by atoms with van der Waals surface area (Å²) in [7, 11) is 0. The van der Waals surface area contributed by atoms with Crippen LogP contribution in [0.2, 0.25) is 0 Å². The van der Waals surface area contributed by atoms with Gasteiger partial charge < -0.3 is 10.2 Å². The molecule has 1 saturated heterocycles. The molecule has 1 aliphatic rings. The molecule has 2 atom stereocenters. The molecular formula is C18H30N2. The molecule has 0 amide bonds. The summed E-state index contributed by atoms with van der Waals surface area (Å²) >= 11 is 0. The van der Waals surface area contributed by atoms with Crippen molar-refractivity contribution in [2.75, 3.05) is 19.6 Å². The van der Waals surface area contributed by atoms with E-state index in [1.807, 2.05) is 0 Å². The highest BCUT2D eigenvalue weighted by molar-refractivity contribution is 5.22. The number of nitrogens with zero attached hydrogens (tertiary/aromatic N) is 1. The summed E-state index contributed by atoms with van der Waals surface area (Å²) in [6, 6.07) is 10.1. The Hall–Kier alpha value is -0.860. The van der Waals surface area contributed by atoms with E-state index in [1.165, 1.54) is 56.4 Å². The summed E-state index contributed by atoms with van der Waals surface area (Å²) in [5, 5.41) is 3.75. The van der Waals surface area contributed by atoms with Gasteiger partial charge in [0, 0.05) is 18.6 Å². The van der Waals surface area contributed by atoms with Crippen LogP contribution in [0.4, 0.5) is 0 Å². The summed E-state index contributed by atoms with van der Waals surface area (Å²) in [6.07, 6.45) is 5.16. The Morgan fingerprint density at radius 3 is 2.60 bits per heavy atom. The van der Waals surface area contributed by atoms with Crippen LogP contribution in [0, 0.1) is 6.92 Å². The van der Waals surface area contributed by atoms with Crippen molar-refractivity contribution < 1.29 is 0 Å². The SMILES string of the molecule is Cc1cccc(CCC(C)NC(C)CN2CCCC2)c1. The van der Waals surface area contributed by atoms with Crippen molar-refractivity contribution >= 4 is 0 Å². The van der Waals surface area contributed by atoms with Gasteiger partial charge in [-0.1, -0.05) is 29.8 Å². The van der Waals surface area contributed by atoms with Crippen LogP contribution >= 0.6 is 0 Å². The van der Waals surface area contributed by atoms with E-state index in [-0.39, 0.29) is 0 Å². The van der Waals surface area contributed by atoms with Gasteiger partial charge in [0.2, 0.25) is 0 Å². The van der Waals surface area contributed by atoms with Gasteiger partial charge in [-0.05, 0) is 65.1 Å². The molecule has 1 N–H and O–H groups in total. The minimum atomic E-state index is 0.591. The third-order valence-corrected chi connectivity index (χ3v) is 4.25. The molecule has 1 heterocycles. The molecule has 2 nitrogen and oxygen atoms in total. The Balaban J connectivity index is 1.67. The Bertz CT molecular complexity index is 396. The Morgan fingerprint density at radius 1 is 1.15 bits per heavy atom. The molecule has 1 aromatic carbocycles. The lowest BCUT2D eigenvalue weighted by Gasteiger charge is -2.24. The number of benzene rings is 1. The fourth-order valence-corrected chi connectivity index (χ4v) is 3.23. The Morgan fingerprint density at radius 2 is 1.90 bits per heavy atom. The number of likely N-dealkylation sites (tertiary alicyclic amines) is 1. The third kappa shape index (κ3) is 5.26. The van der Waals surface area contributed by atoms with Crippen molar-refractivity contribution in [1.82, 2.24) is 10.2 Å². The molecular weight excluding hydrogens is 244 g/mol. The van der Waals surface area contributed by atoms with Crippen molar-refractivity contribution in [3.8, 4) is 0 Å². The van der Waals surface area contributed by atoms with Gasteiger partial charge in [0.15, 0.2) is 0 Å². The van der Waals surface area contributed by atoms with Gasteiger partial charge in [-0.25, -0.2) is 0 Å². The fourth-order valence-electron chi connectivity index (χ4n) is 3.23. The van der Waals surface area contributed by atoms with E-state index in [9.17, 15) is 0 Å². The molecule has 2 rings (SSSR count). The van der Waals surface area contributed by atoms with Crippen LogP contribution in [0.15, 0.2) is 24.3 Å². The van der Waals surface area contributed by atoms with E-state index in [2.05, 4.69) is 55.3 Å². The molecule has 0 saturated carbocycles. The minimum Gasteiger partial charge on any atom is -0.310 e.